The van der Waals surface area contributed by atoms with Crippen molar-refractivity contribution in [1.82, 2.24) is 16.0 Å². The van der Waals surface area contributed by atoms with Gasteiger partial charge in [0.2, 0.25) is 0 Å². The number of urea groups is 1. The SMILES string of the molecule is CN=C(NCc1ccc(NC(=O)NC(C)C)cc1)NCC(C)Oc1ccccc1OC. The molecule has 0 spiro atoms. The number of para-hydroxylation sites is 2. The average Bonchev–Trinajstić information content (AvgIpc) is 2.74. The molecule has 0 aliphatic carbocycles. The molecule has 1 atom stereocenters. The molecule has 31 heavy (non-hydrogen) atoms. The summed E-state index contributed by atoms with van der Waals surface area (Å²) in [5.41, 5.74) is 1.81. The summed E-state index contributed by atoms with van der Waals surface area (Å²) in [7, 11) is 3.35. The zero-order valence-corrected chi connectivity index (χ0v) is 18.9. The number of hydrogen-bond acceptors (Lipinski definition) is 4. The lowest BCUT2D eigenvalue weighted by Crippen LogP contribution is -2.41. The number of nitrogens with zero attached hydrogens (tertiary/aromatic N) is 1. The third-order valence-electron chi connectivity index (χ3n) is 4.27. The summed E-state index contributed by atoms with van der Waals surface area (Å²) < 4.78 is 11.3. The predicted molar refractivity (Wildman–Crippen MR) is 125 cm³/mol. The fraction of sp³-hybridized carbons (Fsp3) is 0.391. The summed E-state index contributed by atoms with van der Waals surface area (Å²) in [6.07, 6.45) is -0.0859. The van der Waals surface area contributed by atoms with E-state index in [0.29, 0.717) is 30.5 Å². The number of hydrogen-bond donors (Lipinski definition) is 4. The second kappa shape index (κ2) is 12.3. The minimum Gasteiger partial charge on any atom is -0.493 e. The molecule has 0 aliphatic heterocycles. The highest BCUT2D eigenvalue weighted by molar-refractivity contribution is 5.89. The minimum absolute atomic E-state index is 0.0859. The fourth-order valence-corrected chi connectivity index (χ4v) is 2.76. The molecule has 0 radical (unpaired) electrons. The van der Waals surface area contributed by atoms with Crippen LogP contribution >= 0.6 is 0 Å². The Kier molecular flexibility index (Phi) is 9.48. The van der Waals surface area contributed by atoms with Crippen LogP contribution in [0.5, 0.6) is 11.5 Å². The Morgan fingerprint density at radius 3 is 2.29 bits per heavy atom. The molecule has 0 saturated carbocycles. The number of carbonyl (C=O) groups excluding carboxylic acids is 1. The molecule has 4 N–H and O–H groups in total. The molecule has 0 saturated heterocycles. The van der Waals surface area contributed by atoms with Gasteiger partial charge in [-0.25, -0.2) is 4.79 Å². The van der Waals surface area contributed by atoms with Crippen molar-refractivity contribution < 1.29 is 14.3 Å². The molecular weight excluding hydrogens is 394 g/mol. The Labute approximate surface area is 184 Å². The zero-order valence-electron chi connectivity index (χ0n) is 18.9. The third-order valence-corrected chi connectivity index (χ3v) is 4.27. The Balaban J connectivity index is 1.78. The maximum Gasteiger partial charge on any atom is 0.319 e. The Hall–Kier alpha value is -3.42. The molecule has 0 bridgehead atoms. The molecule has 0 aliphatic rings. The molecule has 8 nitrogen and oxygen atoms in total. The second-order valence-corrected chi connectivity index (χ2v) is 7.34. The van der Waals surface area contributed by atoms with E-state index < -0.39 is 0 Å². The van der Waals surface area contributed by atoms with Gasteiger partial charge < -0.3 is 30.7 Å². The topological polar surface area (TPSA) is 96.0 Å². The number of methoxy groups -OCH3 is 1. The van der Waals surface area contributed by atoms with E-state index in [9.17, 15) is 4.79 Å². The van der Waals surface area contributed by atoms with Crippen LogP contribution < -0.4 is 30.7 Å². The number of benzene rings is 2. The molecule has 0 aromatic heterocycles. The lowest BCUT2D eigenvalue weighted by molar-refractivity contribution is 0.213. The van der Waals surface area contributed by atoms with Crippen LogP contribution in [0.25, 0.3) is 0 Å². The fourth-order valence-electron chi connectivity index (χ4n) is 2.76. The highest BCUT2D eigenvalue weighted by atomic mass is 16.5. The van der Waals surface area contributed by atoms with Crippen molar-refractivity contribution in [2.45, 2.75) is 39.5 Å². The van der Waals surface area contributed by atoms with Gasteiger partial charge >= 0.3 is 6.03 Å². The first kappa shape index (κ1) is 23.9. The summed E-state index contributed by atoms with van der Waals surface area (Å²) in [4.78, 5) is 16.0. The molecule has 2 aromatic rings. The van der Waals surface area contributed by atoms with Gasteiger partial charge in [0.1, 0.15) is 6.10 Å². The standard InChI is InChI=1S/C23H33N5O3/c1-16(2)27-23(29)28-19-12-10-18(11-13-19)15-26-22(24-4)25-14-17(3)31-21-9-7-6-8-20(21)30-5/h6-13,16-17H,14-15H2,1-5H3,(H2,24,25,26)(H2,27,28,29). The summed E-state index contributed by atoms with van der Waals surface area (Å²) in [5, 5.41) is 12.1. The van der Waals surface area contributed by atoms with Gasteiger partial charge in [0.25, 0.3) is 0 Å². The molecule has 0 heterocycles. The third kappa shape index (κ3) is 8.46. The zero-order chi connectivity index (χ0) is 22.6. The maximum absolute atomic E-state index is 11.8. The van der Waals surface area contributed by atoms with Gasteiger partial charge in [0, 0.05) is 25.3 Å². The van der Waals surface area contributed by atoms with Gasteiger partial charge in [-0.2, -0.15) is 0 Å². The number of aliphatic imine (C=N–C) groups is 1. The number of nitrogens with one attached hydrogen (secondary N) is 4. The normalized spacial score (nSPS) is 12.1. The average molecular weight is 428 g/mol. The van der Waals surface area contributed by atoms with Gasteiger partial charge in [-0.15, -0.1) is 0 Å². The number of ether oxygens (including phenoxy) is 2. The van der Waals surface area contributed by atoms with Crippen molar-refractivity contribution in [2.24, 2.45) is 4.99 Å². The van der Waals surface area contributed by atoms with Crippen LogP contribution in [0.1, 0.15) is 26.3 Å². The highest BCUT2D eigenvalue weighted by Crippen LogP contribution is 2.26. The number of rotatable bonds is 9. The number of carbonyl (C=O) groups is 1. The molecule has 2 rings (SSSR count). The summed E-state index contributed by atoms with van der Waals surface area (Å²) >= 11 is 0. The predicted octanol–water partition coefficient (Wildman–Crippen LogP) is 3.36. The molecule has 0 fully saturated rings. The van der Waals surface area contributed by atoms with Gasteiger partial charge in [-0.3, -0.25) is 4.99 Å². The van der Waals surface area contributed by atoms with Crippen molar-refractivity contribution in [3.63, 3.8) is 0 Å². The van der Waals surface area contributed by atoms with Crippen LogP contribution in [-0.4, -0.2) is 44.8 Å². The van der Waals surface area contributed by atoms with E-state index in [-0.39, 0.29) is 18.2 Å². The molecule has 168 valence electrons. The van der Waals surface area contributed by atoms with E-state index >= 15 is 0 Å². The van der Waals surface area contributed by atoms with Crippen molar-refractivity contribution >= 4 is 17.7 Å². The molecule has 8 heteroatoms. The number of guanidine groups is 1. The van der Waals surface area contributed by atoms with Crippen molar-refractivity contribution in [3.05, 3.63) is 54.1 Å². The molecule has 2 aromatic carbocycles. The van der Waals surface area contributed by atoms with Crippen molar-refractivity contribution in [3.8, 4) is 11.5 Å². The maximum atomic E-state index is 11.8. The Morgan fingerprint density at radius 2 is 1.68 bits per heavy atom. The first-order chi connectivity index (χ1) is 14.9. The summed E-state index contributed by atoms with van der Waals surface area (Å²) in [6, 6.07) is 15.1. The minimum atomic E-state index is -0.213. The molecule has 1 unspecified atom stereocenters. The van der Waals surface area contributed by atoms with Gasteiger partial charge in [-0.05, 0) is 50.6 Å². The van der Waals surface area contributed by atoms with Crippen LogP contribution in [0.3, 0.4) is 0 Å². The number of anilines is 1. The summed E-state index contributed by atoms with van der Waals surface area (Å²) in [6.45, 7) is 6.99. The van der Waals surface area contributed by atoms with E-state index in [2.05, 4.69) is 26.3 Å². The van der Waals surface area contributed by atoms with Crippen molar-refractivity contribution in [1.29, 1.82) is 0 Å². The van der Waals surface area contributed by atoms with Crippen LogP contribution in [0.4, 0.5) is 10.5 Å². The monoisotopic (exact) mass is 427 g/mol. The van der Waals surface area contributed by atoms with Crippen LogP contribution in [0.2, 0.25) is 0 Å². The van der Waals surface area contributed by atoms with Crippen LogP contribution in [0.15, 0.2) is 53.5 Å². The molecular formula is C23H33N5O3. The van der Waals surface area contributed by atoms with Gasteiger partial charge in [0.05, 0.1) is 13.7 Å². The van der Waals surface area contributed by atoms with Crippen LogP contribution in [-0.2, 0) is 6.54 Å². The van der Waals surface area contributed by atoms with E-state index in [1.54, 1.807) is 14.2 Å². The van der Waals surface area contributed by atoms with E-state index in [1.165, 1.54) is 0 Å². The van der Waals surface area contributed by atoms with Crippen LogP contribution in [0, 0.1) is 0 Å². The van der Waals surface area contributed by atoms with Gasteiger partial charge in [0.15, 0.2) is 17.5 Å². The Morgan fingerprint density at radius 1 is 1.00 bits per heavy atom. The second-order valence-electron chi connectivity index (χ2n) is 7.34. The lowest BCUT2D eigenvalue weighted by Gasteiger charge is -2.19. The quantitative estimate of drug-likeness (QED) is 0.364. The van der Waals surface area contributed by atoms with E-state index in [1.807, 2.05) is 69.3 Å². The van der Waals surface area contributed by atoms with E-state index in [0.717, 1.165) is 11.3 Å². The Bertz CT molecular complexity index is 853. The smallest absolute Gasteiger partial charge is 0.319 e. The highest BCUT2D eigenvalue weighted by Gasteiger charge is 2.09. The largest absolute Gasteiger partial charge is 0.493 e. The first-order valence-electron chi connectivity index (χ1n) is 10.3. The first-order valence-corrected chi connectivity index (χ1v) is 10.3. The number of amides is 2. The van der Waals surface area contributed by atoms with Crippen molar-refractivity contribution in [2.75, 3.05) is 26.0 Å². The van der Waals surface area contributed by atoms with E-state index in [4.69, 9.17) is 9.47 Å². The lowest BCUT2D eigenvalue weighted by atomic mass is 10.2. The molecule has 2 amide bonds. The summed E-state index contributed by atoms with van der Waals surface area (Å²) in [5.74, 6) is 2.09. The van der Waals surface area contributed by atoms with Gasteiger partial charge in [-0.1, -0.05) is 24.3 Å².